The molecule has 0 bridgehead atoms. The minimum Gasteiger partial charge on any atom is -0.466 e. The van der Waals surface area contributed by atoms with Crippen molar-refractivity contribution in [1.82, 2.24) is 5.32 Å². The van der Waals surface area contributed by atoms with Crippen molar-refractivity contribution in [2.45, 2.75) is 20.0 Å². The molecule has 7 nitrogen and oxygen atoms in total. The molecule has 0 aliphatic carbocycles. The third kappa shape index (κ3) is 3.40. The summed E-state index contributed by atoms with van der Waals surface area (Å²) in [5.41, 5.74) is 1.25. The van der Waals surface area contributed by atoms with Gasteiger partial charge in [-0.1, -0.05) is 0 Å². The van der Waals surface area contributed by atoms with Crippen LogP contribution >= 0.6 is 0 Å². The summed E-state index contributed by atoms with van der Waals surface area (Å²) in [5, 5.41) is 15.4. The van der Waals surface area contributed by atoms with Gasteiger partial charge in [-0.2, -0.15) is 0 Å². The Balaban J connectivity index is 1.54. The molecular formula is C16H18N2O5. The summed E-state index contributed by atoms with van der Waals surface area (Å²) in [4.78, 5) is 11.9. The van der Waals surface area contributed by atoms with Gasteiger partial charge in [0.25, 0.3) is 0 Å². The maximum atomic E-state index is 11.9. The second-order valence-corrected chi connectivity index (χ2v) is 5.29. The molecular weight excluding hydrogens is 300 g/mol. The second kappa shape index (κ2) is 6.21. The van der Waals surface area contributed by atoms with Gasteiger partial charge in [0.05, 0.1) is 6.10 Å². The lowest BCUT2D eigenvalue weighted by molar-refractivity contribution is 0.173. The third-order valence-electron chi connectivity index (χ3n) is 3.52. The number of urea groups is 1. The lowest BCUT2D eigenvalue weighted by atomic mass is 10.1. The molecule has 1 atom stereocenters. The summed E-state index contributed by atoms with van der Waals surface area (Å²) in [6.45, 7) is 3.85. The molecule has 1 aliphatic rings. The van der Waals surface area contributed by atoms with E-state index in [1.54, 1.807) is 31.2 Å². The molecule has 1 aliphatic heterocycles. The first-order valence-electron chi connectivity index (χ1n) is 7.22. The Morgan fingerprint density at radius 3 is 2.78 bits per heavy atom. The summed E-state index contributed by atoms with van der Waals surface area (Å²) in [6.07, 6.45) is -0.824. The van der Waals surface area contributed by atoms with Crippen molar-refractivity contribution in [3.8, 4) is 11.5 Å². The van der Waals surface area contributed by atoms with Crippen molar-refractivity contribution in [1.29, 1.82) is 0 Å². The van der Waals surface area contributed by atoms with E-state index in [-0.39, 0.29) is 13.3 Å². The van der Waals surface area contributed by atoms with Crippen LogP contribution in [0.15, 0.2) is 28.7 Å². The fourth-order valence-corrected chi connectivity index (χ4v) is 2.43. The van der Waals surface area contributed by atoms with Crippen molar-refractivity contribution in [2.75, 3.05) is 18.7 Å². The summed E-state index contributed by atoms with van der Waals surface area (Å²) in [7, 11) is 0. The lowest BCUT2D eigenvalue weighted by Crippen LogP contribution is -2.32. The van der Waals surface area contributed by atoms with Gasteiger partial charge in [-0.25, -0.2) is 4.79 Å². The topological polar surface area (TPSA) is 93.0 Å². The highest BCUT2D eigenvalue weighted by molar-refractivity contribution is 5.89. The molecule has 3 N–H and O–H groups in total. The number of amides is 2. The summed E-state index contributed by atoms with van der Waals surface area (Å²) in [6, 6.07) is 6.47. The van der Waals surface area contributed by atoms with Crippen molar-refractivity contribution >= 4 is 11.7 Å². The number of fused-ring (bicyclic) bond motifs is 1. The number of anilines is 1. The number of carbonyl (C=O) groups is 1. The Morgan fingerprint density at radius 1 is 1.26 bits per heavy atom. The number of benzene rings is 1. The first kappa shape index (κ1) is 15.2. The zero-order valence-corrected chi connectivity index (χ0v) is 12.9. The highest BCUT2D eigenvalue weighted by Crippen LogP contribution is 2.34. The van der Waals surface area contributed by atoms with Crippen LogP contribution in [-0.2, 0) is 0 Å². The minimum atomic E-state index is -0.824. The van der Waals surface area contributed by atoms with Crippen molar-refractivity contribution in [3.63, 3.8) is 0 Å². The molecule has 0 saturated carbocycles. The molecule has 1 aromatic carbocycles. The lowest BCUT2D eigenvalue weighted by Gasteiger charge is -2.12. The van der Waals surface area contributed by atoms with E-state index in [1.165, 1.54) is 0 Å². The number of ether oxygens (including phenoxy) is 2. The van der Waals surface area contributed by atoms with E-state index in [0.29, 0.717) is 28.5 Å². The second-order valence-electron chi connectivity index (χ2n) is 5.29. The van der Waals surface area contributed by atoms with Crippen molar-refractivity contribution < 1.29 is 23.8 Å². The van der Waals surface area contributed by atoms with Crippen LogP contribution < -0.4 is 20.1 Å². The molecule has 122 valence electrons. The van der Waals surface area contributed by atoms with Gasteiger partial charge in [-0.15, -0.1) is 0 Å². The molecule has 1 unspecified atom stereocenters. The number of carbonyl (C=O) groups excluding carboxylic acids is 1. The quantitative estimate of drug-likeness (QED) is 0.805. The largest absolute Gasteiger partial charge is 0.466 e. The number of nitrogens with one attached hydrogen (secondary N) is 2. The first-order valence-corrected chi connectivity index (χ1v) is 7.22. The minimum absolute atomic E-state index is 0.0796. The van der Waals surface area contributed by atoms with E-state index in [2.05, 4.69) is 10.6 Å². The number of aliphatic hydroxyl groups is 1. The number of rotatable bonds is 4. The molecule has 0 spiro atoms. The fourth-order valence-electron chi connectivity index (χ4n) is 2.43. The number of hydrogen-bond acceptors (Lipinski definition) is 5. The van der Waals surface area contributed by atoms with Crippen LogP contribution in [-0.4, -0.2) is 24.5 Å². The van der Waals surface area contributed by atoms with Gasteiger partial charge in [0.2, 0.25) is 6.79 Å². The summed E-state index contributed by atoms with van der Waals surface area (Å²) in [5.74, 6) is 2.61. The Kier molecular flexibility index (Phi) is 4.12. The highest BCUT2D eigenvalue weighted by atomic mass is 16.7. The van der Waals surface area contributed by atoms with E-state index in [9.17, 15) is 9.90 Å². The maximum Gasteiger partial charge on any atom is 0.319 e. The van der Waals surface area contributed by atoms with E-state index < -0.39 is 12.1 Å². The molecule has 0 fully saturated rings. The van der Waals surface area contributed by atoms with E-state index >= 15 is 0 Å². The van der Waals surface area contributed by atoms with Gasteiger partial charge in [-0.05, 0) is 32.0 Å². The van der Waals surface area contributed by atoms with Crippen molar-refractivity contribution in [3.05, 3.63) is 41.3 Å². The predicted octanol–water partition coefficient (Wildman–Crippen LogP) is 2.48. The average molecular weight is 318 g/mol. The molecule has 23 heavy (non-hydrogen) atoms. The van der Waals surface area contributed by atoms with Gasteiger partial charge in [0.15, 0.2) is 11.5 Å². The number of aliphatic hydroxyl groups excluding tert-OH is 1. The van der Waals surface area contributed by atoms with Gasteiger partial charge >= 0.3 is 6.03 Å². The van der Waals surface area contributed by atoms with Gasteiger partial charge in [0.1, 0.15) is 11.5 Å². The normalized spacial score (nSPS) is 13.7. The Morgan fingerprint density at radius 2 is 2.04 bits per heavy atom. The van der Waals surface area contributed by atoms with Crippen LogP contribution in [0.25, 0.3) is 0 Å². The van der Waals surface area contributed by atoms with Crippen LogP contribution in [0.2, 0.25) is 0 Å². The summed E-state index contributed by atoms with van der Waals surface area (Å²) >= 11 is 0. The molecule has 2 aromatic rings. The molecule has 1 aromatic heterocycles. The van der Waals surface area contributed by atoms with Crippen molar-refractivity contribution in [2.24, 2.45) is 0 Å². The third-order valence-corrected chi connectivity index (χ3v) is 3.52. The van der Waals surface area contributed by atoms with Gasteiger partial charge in [0, 0.05) is 23.9 Å². The number of aryl methyl sites for hydroxylation is 2. The molecule has 0 radical (unpaired) electrons. The van der Waals surface area contributed by atoms with E-state index in [4.69, 9.17) is 13.9 Å². The van der Waals surface area contributed by atoms with E-state index in [0.717, 1.165) is 5.76 Å². The Hall–Kier alpha value is -2.67. The highest BCUT2D eigenvalue weighted by Gasteiger charge is 2.17. The Bertz CT molecular complexity index is 725. The fraction of sp³-hybridized carbons (Fsp3) is 0.312. The molecule has 2 heterocycles. The SMILES string of the molecule is Cc1cc(C(O)CNC(=O)Nc2ccc3c(c2)OCO3)c(C)o1. The monoisotopic (exact) mass is 318 g/mol. The predicted molar refractivity (Wildman–Crippen MR) is 82.7 cm³/mol. The zero-order chi connectivity index (χ0) is 16.4. The number of hydrogen-bond donors (Lipinski definition) is 3. The number of furan rings is 1. The average Bonchev–Trinajstić information content (AvgIpc) is 3.10. The van der Waals surface area contributed by atoms with Crippen LogP contribution in [0.1, 0.15) is 23.2 Å². The van der Waals surface area contributed by atoms with Crippen LogP contribution in [0.4, 0.5) is 10.5 Å². The van der Waals surface area contributed by atoms with E-state index in [1.807, 2.05) is 6.92 Å². The molecule has 0 saturated heterocycles. The van der Waals surface area contributed by atoms with Crippen LogP contribution in [0, 0.1) is 13.8 Å². The zero-order valence-electron chi connectivity index (χ0n) is 12.9. The molecule has 7 heteroatoms. The standard InChI is InChI=1S/C16H18N2O5/c1-9-5-12(10(2)23-9)13(19)7-17-16(20)18-11-3-4-14-15(6-11)22-8-21-14/h3-6,13,19H,7-8H2,1-2H3,(H2,17,18,20). The van der Waals surface area contributed by atoms with Crippen LogP contribution in [0.3, 0.4) is 0 Å². The van der Waals surface area contributed by atoms with Gasteiger partial charge < -0.3 is 29.6 Å². The summed E-state index contributed by atoms with van der Waals surface area (Å²) < 4.78 is 15.8. The molecule has 3 rings (SSSR count). The van der Waals surface area contributed by atoms with Gasteiger partial charge in [-0.3, -0.25) is 0 Å². The maximum absolute atomic E-state index is 11.9. The smallest absolute Gasteiger partial charge is 0.319 e. The molecule has 2 amide bonds. The van der Waals surface area contributed by atoms with Crippen LogP contribution in [0.5, 0.6) is 11.5 Å². The first-order chi connectivity index (χ1) is 11.0. The Labute approximate surface area is 133 Å².